The Morgan fingerprint density at radius 1 is 0.469 bits per heavy atom. The second kappa shape index (κ2) is 11.4. The lowest BCUT2D eigenvalue weighted by atomic mass is 9.81. The summed E-state index contributed by atoms with van der Waals surface area (Å²) in [4.78, 5) is 0. The molecule has 0 N–H and O–H groups in total. The molecule has 49 heavy (non-hydrogen) atoms. The number of furan rings is 1. The second-order valence-corrected chi connectivity index (χ2v) is 13.5. The lowest BCUT2D eigenvalue weighted by molar-refractivity contribution is 0.655. The van der Waals surface area contributed by atoms with E-state index in [1.54, 1.807) is 0 Å². The van der Waals surface area contributed by atoms with E-state index in [9.17, 15) is 0 Å². The molecule has 0 fully saturated rings. The van der Waals surface area contributed by atoms with Crippen molar-refractivity contribution in [2.45, 2.75) is 25.2 Å². The lowest BCUT2D eigenvalue weighted by Crippen LogP contribution is -2.00. The number of allylic oxidation sites excluding steroid dienone is 2. The molecule has 10 rings (SSSR count). The molecule has 0 saturated carbocycles. The van der Waals surface area contributed by atoms with Crippen LogP contribution in [0.25, 0.3) is 87.6 Å². The van der Waals surface area contributed by atoms with Crippen molar-refractivity contribution in [3.8, 4) is 33.4 Å². The van der Waals surface area contributed by atoms with E-state index in [0.717, 1.165) is 27.5 Å². The molecule has 1 heterocycles. The smallest absolute Gasteiger partial charge is 0.143 e. The highest BCUT2D eigenvalue weighted by Gasteiger charge is 2.23. The summed E-state index contributed by atoms with van der Waals surface area (Å²) in [7, 11) is 0. The summed E-state index contributed by atoms with van der Waals surface area (Å²) < 4.78 is 6.73. The van der Waals surface area contributed by atoms with Crippen molar-refractivity contribution in [3.63, 3.8) is 0 Å². The van der Waals surface area contributed by atoms with Crippen LogP contribution in [-0.4, -0.2) is 0 Å². The van der Waals surface area contributed by atoms with Gasteiger partial charge in [-0.25, -0.2) is 0 Å². The quantitative estimate of drug-likeness (QED) is 0.140. The number of fused-ring (bicyclic) bond motifs is 6. The third-order valence-electron chi connectivity index (χ3n) is 10.7. The number of para-hydroxylation sites is 2. The van der Waals surface area contributed by atoms with Gasteiger partial charge in [0, 0.05) is 27.8 Å². The van der Waals surface area contributed by atoms with Crippen molar-refractivity contribution in [1.29, 1.82) is 0 Å². The van der Waals surface area contributed by atoms with Gasteiger partial charge in [0.25, 0.3) is 0 Å². The molecule has 232 valence electrons. The predicted molar refractivity (Wildman–Crippen MR) is 208 cm³/mol. The number of hydrogen-bond acceptors (Lipinski definition) is 1. The Kier molecular flexibility index (Phi) is 6.52. The Hall–Kier alpha value is -5.92. The van der Waals surface area contributed by atoms with Crippen molar-refractivity contribution >= 4 is 54.3 Å². The molecule has 0 radical (unpaired) electrons. The maximum atomic E-state index is 6.73. The second-order valence-electron chi connectivity index (χ2n) is 13.5. The normalized spacial score (nSPS) is 14.8. The van der Waals surface area contributed by atoms with Gasteiger partial charge in [-0.15, -0.1) is 0 Å². The van der Waals surface area contributed by atoms with Gasteiger partial charge >= 0.3 is 0 Å². The maximum Gasteiger partial charge on any atom is 0.143 e. The Balaban J connectivity index is 1.39. The third-order valence-corrected chi connectivity index (χ3v) is 10.7. The zero-order valence-corrected chi connectivity index (χ0v) is 27.2. The molecule has 1 heteroatoms. The molecule has 9 aromatic rings. The summed E-state index contributed by atoms with van der Waals surface area (Å²) in [6.07, 6.45) is 8.37. The van der Waals surface area contributed by atoms with Crippen LogP contribution in [0.1, 0.15) is 30.7 Å². The maximum absolute atomic E-state index is 6.73. The average Bonchev–Trinajstić information content (AvgIpc) is 3.56. The first-order chi connectivity index (χ1) is 24.3. The van der Waals surface area contributed by atoms with Crippen LogP contribution >= 0.6 is 0 Å². The van der Waals surface area contributed by atoms with Gasteiger partial charge in [-0.1, -0.05) is 146 Å². The molecule has 0 saturated heterocycles. The summed E-state index contributed by atoms with van der Waals surface area (Å²) in [5.41, 5.74) is 10.6. The number of benzene rings is 8. The summed E-state index contributed by atoms with van der Waals surface area (Å²) in [5.74, 6) is 0.428. The summed E-state index contributed by atoms with van der Waals surface area (Å²) in [6.45, 7) is 0. The van der Waals surface area contributed by atoms with Crippen LogP contribution in [0.4, 0.5) is 0 Å². The molecule has 0 bridgehead atoms. The van der Waals surface area contributed by atoms with Gasteiger partial charge in [0.1, 0.15) is 11.2 Å². The molecular weight excluding hydrogens is 593 g/mol. The monoisotopic (exact) mass is 626 g/mol. The van der Waals surface area contributed by atoms with Gasteiger partial charge in [-0.2, -0.15) is 0 Å². The highest BCUT2D eigenvalue weighted by atomic mass is 16.3. The topological polar surface area (TPSA) is 13.1 Å². The standard InChI is InChI=1S/C48H34O/c1-3-13-31(14-4-1)34-26-28-40-43(29-34)46(38-21-11-18-33-17-7-8-19-36(33)38)39-27-25-35(32-15-5-2-6-16-32)30-44(39)47(40)42-23-12-22-41-37-20-9-10-24-45(37)49-48(41)42/h2-3,5-13,15-31H,1,4,14H2. The SMILES string of the molecule is C1=CC(c2ccc3c(-c4cccc5c4oc4ccccc45)c4cc(-c5ccccc5)ccc4c(-c4cccc5ccccc45)c3c2)CCC1. The largest absolute Gasteiger partial charge is 0.455 e. The van der Waals surface area contributed by atoms with Gasteiger partial charge in [-0.3, -0.25) is 0 Å². The van der Waals surface area contributed by atoms with E-state index in [2.05, 4.69) is 164 Å². The molecule has 1 nitrogen and oxygen atoms in total. The van der Waals surface area contributed by atoms with Crippen molar-refractivity contribution in [2.24, 2.45) is 0 Å². The fourth-order valence-corrected chi connectivity index (χ4v) is 8.34. The van der Waals surface area contributed by atoms with Gasteiger partial charge in [0.2, 0.25) is 0 Å². The Bertz CT molecular complexity index is 2740. The highest BCUT2D eigenvalue weighted by Crippen LogP contribution is 2.49. The molecule has 0 aliphatic heterocycles. The van der Waals surface area contributed by atoms with Crippen LogP contribution in [0.15, 0.2) is 168 Å². The minimum Gasteiger partial charge on any atom is -0.455 e. The van der Waals surface area contributed by atoms with E-state index in [4.69, 9.17) is 4.42 Å². The summed E-state index contributed by atoms with van der Waals surface area (Å²) >= 11 is 0. The van der Waals surface area contributed by atoms with E-state index < -0.39 is 0 Å². The minimum atomic E-state index is 0.428. The Morgan fingerprint density at radius 3 is 2.04 bits per heavy atom. The van der Waals surface area contributed by atoms with Gasteiger partial charge in [0.05, 0.1) is 0 Å². The number of rotatable bonds is 4. The molecular formula is C48H34O. The van der Waals surface area contributed by atoms with Crippen molar-refractivity contribution in [3.05, 3.63) is 169 Å². The zero-order valence-electron chi connectivity index (χ0n) is 27.2. The van der Waals surface area contributed by atoms with Crippen LogP contribution < -0.4 is 0 Å². The Labute approximate surface area is 285 Å². The minimum absolute atomic E-state index is 0.428. The molecule has 1 aromatic heterocycles. The van der Waals surface area contributed by atoms with Crippen LogP contribution in [0, 0.1) is 0 Å². The predicted octanol–water partition coefficient (Wildman–Crippen LogP) is 13.9. The molecule has 0 spiro atoms. The van der Waals surface area contributed by atoms with Crippen molar-refractivity contribution in [2.75, 3.05) is 0 Å². The van der Waals surface area contributed by atoms with Crippen molar-refractivity contribution in [1.82, 2.24) is 0 Å². The fourth-order valence-electron chi connectivity index (χ4n) is 8.34. The molecule has 1 aliphatic rings. The molecule has 0 amide bonds. The average molecular weight is 627 g/mol. The van der Waals surface area contributed by atoms with Gasteiger partial charge in [0.15, 0.2) is 0 Å². The first-order valence-electron chi connectivity index (χ1n) is 17.5. The van der Waals surface area contributed by atoms with E-state index in [1.807, 2.05) is 0 Å². The van der Waals surface area contributed by atoms with Crippen LogP contribution in [-0.2, 0) is 0 Å². The summed E-state index contributed by atoms with van der Waals surface area (Å²) in [6, 6.07) is 55.7. The highest BCUT2D eigenvalue weighted by molar-refractivity contribution is 6.26. The first kappa shape index (κ1) is 28.1. The van der Waals surface area contributed by atoms with Crippen LogP contribution in [0.2, 0.25) is 0 Å². The fraction of sp³-hybridized carbons (Fsp3) is 0.0833. The van der Waals surface area contributed by atoms with Crippen molar-refractivity contribution < 1.29 is 4.42 Å². The van der Waals surface area contributed by atoms with Gasteiger partial charge in [-0.05, 0) is 97.6 Å². The number of hydrogen-bond donors (Lipinski definition) is 0. The van der Waals surface area contributed by atoms with Crippen LogP contribution in [0.5, 0.6) is 0 Å². The zero-order chi connectivity index (χ0) is 32.3. The lowest BCUT2D eigenvalue weighted by Gasteiger charge is -2.22. The van der Waals surface area contributed by atoms with E-state index in [1.165, 1.54) is 85.0 Å². The first-order valence-corrected chi connectivity index (χ1v) is 17.5. The van der Waals surface area contributed by atoms with Crippen LogP contribution in [0.3, 0.4) is 0 Å². The Morgan fingerprint density at radius 2 is 1.16 bits per heavy atom. The van der Waals surface area contributed by atoms with Gasteiger partial charge < -0.3 is 4.42 Å². The third kappa shape index (κ3) is 4.54. The molecule has 1 atom stereocenters. The van der Waals surface area contributed by atoms with E-state index in [0.29, 0.717) is 5.92 Å². The van der Waals surface area contributed by atoms with E-state index in [-0.39, 0.29) is 0 Å². The molecule has 1 unspecified atom stereocenters. The summed E-state index contributed by atoms with van der Waals surface area (Å²) in [5, 5.41) is 9.85. The van der Waals surface area contributed by atoms with E-state index >= 15 is 0 Å². The molecule has 1 aliphatic carbocycles. The molecule has 8 aromatic carbocycles.